The Hall–Kier alpha value is -3.05. The molecule has 2 aromatic rings. The van der Waals surface area contributed by atoms with Crippen molar-refractivity contribution in [3.63, 3.8) is 0 Å². The van der Waals surface area contributed by atoms with Crippen molar-refractivity contribution < 1.29 is 9.53 Å². The maximum absolute atomic E-state index is 12.1. The second-order valence-corrected chi connectivity index (χ2v) is 10.1. The van der Waals surface area contributed by atoms with Crippen molar-refractivity contribution in [3.05, 3.63) is 18.0 Å². The van der Waals surface area contributed by atoms with Crippen LogP contribution in [-0.4, -0.2) is 87.8 Å². The molecule has 0 bridgehead atoms. The molecule has 182 valence electrons. The van der Waals surface area contributed by atoms with Crippen molar-refractivity contribution >= 4 is 23.6 Å². The van der Waals surface area contributed by atoms with Crippen molar-refractivity contribution in [2.75, 3.05) is 61.5 Å². The maximum atomic E-state index is 12.1. The number of nitrogen functional groups attached to an aromatic ring is 1. The van der Waals surface area contributed by atoms with Gasteiger partial charge in [-0.05, 0) is 33.6 Å². The summed E-state index contributed by atoms with van der Waals surface area (Å²) in [4.78, 5) is 37.3. The Labute approximate surface area is 199 Å². The topological polar surface area (TPSA) is 140 Å². The number of fused-ring (bicyclic) bond motifs is 1. The Morgan fingerprint density at radius 3 is 2.50 bits per heavy atom. The molecule has 34 heavy (non-hydrogen) atoms. The lowest BCUT2D eigenvalue weighted by Crippen LogP contribution is -2.55. The zero-order valence-electron chi connectivity index (χ0n) is 20.1. The number of amides is 1. The fourth-order valence-electron chi connectivity index (χ4n) is 5.17. The van der Waals surface area contributed by atoms with Gasteiger partial charge in [-0.15, -0.1) is 0 Å². The van der Waals surface area contributed by atoms with Crippen LogP contribution in [0.2, 0.25) is 0 Å². The number of hydrogen-bond donors (Lipinski definition) is 2. The molecular formula is C23H33N9O2. The van der Waals surface area contributed by atoms with Crippen LogP contribution in [0.4, 0.5) is 17.7 Å². The second kappa shape index (κ2) is 8.31. The van der Waals surface area contributed by atoms with E-state index in [-0.39, 0.29) is 17.4 Å². The van der Waals surface area contributed by atoms with Crippen LogP contribution in [0.5, 0.6) is 0 Å². The van der Waals surface area contributed by atoms with Crippen LogP contribution in [0, 0.1) is 0 Å². The molecule has 1 atom stereocenters. The van der Waals surface area contributed by atoms with Crippen LogP contribution in [0.25, 0.3) is 11.3 Å². The molecule has 2 aromatic heterocycles. The zero-order chi connectivity index (χ0) is 24.1. The first-order valence-electron chi connectivity index (χ1n) is 11.8. The summed E-state index contributed by atoms with van der Waals surface area (Å²) in [6.45, 7) is 11.2. The number of ether oxygens (including phenoxy) is 1. The molecule has 4 N–H and O–H groups in total. The molecule has 0 saturated carbocycles. The minimum atomic E-state index is -0.697. The third kappa shape index (κ3) is 3.82. The molecule has 3 aliphatic heterocycles. The number of rotatable bonds is 5. The fourth-order valence-corrected chi connectivity index (χ4v) is 5.17. The van der Waals surface area contributed by atoms with E-state index < -0.39 is 5.54 Å². The largest absolute Gasteiger partial charge is 0.378 e. The average Bonchev–Trinajstić information content (AvgIpc) is 3.45. The summed E-state index contributed by atoms with van der Waals surface area (Å²) in [5.41, 5.74) is 13.4. The van der Waals surface area contributed by atoms with Crippen molar-refractivity contribution in [1.29, 1.82) is 0 Å². The van der Waals surface area contributed by atoms with Gasteiger partial charge in [0.1, 0.15) is 5.82 Å². The Morgan fingerprint density at radius 2 is 1.82 bits per heavy atom. The summed E-state index contributed by atoms with van der Waals surface area (Å²) >= 11 is 0. The van der Waals surface area contributed by atoms with E-state index in [4.69, 9.17) is 26.2 Å². The lowest BCUT2D eigenvalue weighted by atomic mass is 9.98. The lowest BCUT2D eigenvalue weighted by Gasteiger charge is -2.39. The number of hydrogen-bond acceptors (Lipinski definition) is 10. The van der Waals surface area contributed by atoms with E-state index in [9.17, 15) is 4.79 Å². The monoisotopic (exact) mass is 467 g/mol. The molecule has 5 rings (SSSR count). The molecule has 0 radical (unpaired) electrons. The van der Waals surface area contributed by atoms with Crippen molar-refractivity contribution in [2.45, 2.75) is 44.7 Å². The van der Waals surface area contributed by atoms with E-state index in [0.717, 1.165) is 68.2 Å². The number of nitrogens with zero attached hydrogens (tertiary/aromatic N) is 7. The average molecular weight is 468 g/mol. The number of carbonyl (C=O) groups excluding carboxylic acids is 1. The van der Waals surface area contributed by atoms with Gasteiger partial charge in [-0.25, -0.2) is 15.0 Å². The van der Waals surface area contributed by atoms with Gasteiger partial charge in [-0.1, -0.05) is 0 Å². The number of anilines is 3. The van der Waals surface area contributed by atoms with Crippen LogP contribution in [-0.2, 0) is 16.0 Å². The number of morpholine rings is 1. The highest BCUT2D eigenvalue weighted by atomic mass is 16.5. The van der Waals surface area contributed by atoms with Gasteiger partial charge >= 0.3 is 0 Å². The maximum Gasteiger partial charge on any atom is 0.237 e. The third-order valence-corrected chi connectivity index (χ3v) is 7.55. The van der Waals surface area contributed by atoms with Gasteiger partial charge in [0, 0.05) is 56.2 Å². The minimum absolute atomic E-state index is 0.177. The predicted octanol–water partition coefficient (Wildman–Crippen LogP) is 0.443. The van der Waals surface area contributed by atoms with Crippen LogP contribution >= 0.6 is 0 Å². The van der Waals surface area contributed by atoms with Crippen molar-refractivity contribution in [2.24, 2.45) is 5.73 Å². The summed E-state index contributed by atoms with van der Waals surface area (Å²) in [7, 11) is 0. The number of primary amides is 1. The Kier molecular flexibility index (Phi) is 5.56. The molecule has 1 amide bonds. The summed E-state index contributed by atoms with van der Waals surface area (Å²) < 4.78 is 5.54. The Morgan fingerprint density at radius 1 is 1.12 bits per heavy atom. The molecular weight excluding hydrogens is 434 g/mol. The van der Waals surface area contributed by atoms with Crippen molar-refractivity contribution in [3.8, 4) is 11.3 Å². The van der Waals surface area contributed by atoms with Crippen LogP contribution < -0.4 is 21.3 Å². The molecule has 11 heteroatoms. The Balaban J connectivity index is 1.55. The standard InChI is InChI=1S/C23H33N9O2/c1-22(2,19(24)33)31-7-5-23(3,14-31)32-6-4-16-17(15-12-26-20(25)27-13-15)28-21(29-18(16)32)30-8-10-34-11-9-30/h12-13H,4-11,14H2,1-3H3,(H2,24,33)(H2,25,26,27)/t23-/m0/s1. The van der Waals surface area contributed by atoms with Crippen LogP contribution in [0.15, 0.2) is 12.4 Å². The molecule has 0 unspecified atom stereocenters. The van der Waals surface area contributed by atoms with Gasteiger partial charge in [0.05, 0.1) is 30.0 Å². The summed E-state index contributed by atoms with van der Waals surface area (Å²) in [5.74, 6) is 1.57. The smallest absolute Gasteiger partial charge is 0.237 e. The summed E-state index contributed by atoms with van der Waals surface area (Å²) in [5, 5.41) is 0. The second-order valence-electron chi connectivity index (χ2n) is 10.1. The first-order chi connectivity index (χ1) is 16.2. The summed E-state index contributed by atoms with van der Waals surface area (Å²) in [6.07, 6.45) is 5.20. The third-order valence-electron chi connectivity index (χ3n) is 7.55. The fraction of sp³-hybridized carbons (Fsp3) is 0.609. The van der Waals surface area contributed by atoms with E-state index in [1.165, 1.54) is 0 Å². The summed E-state index contributed by atoms with van der Waals surface area (Å²) in [6, 6.07) is 0. The molecule has 0 aromatic carbocycles. The minimum Gasteiger partial charge on any atom is -0.378 e. The van der Waals surface area contributed by atoms with Gasteiger partial charge in [0.2, 0.25) is 17.8 Å². The normalized spacial score (nSPS) is 23.4. The van der Waals surface area contributed by atoms with Gasteiger partial charge < -0.3 is 26.0 Å². The molecule has 3 aliphatic rings. The van der Waals surface area contributed by atoms with Crippen LogP contribution in [0.1, 0.15) is 32.8 Å². The Bertz CT molecular complexity index is 1080. The predicted molar refractivity (Wildman–Crippen MR) is 129 cm³/mol. The van der Waals surface area contributed by atoms with E-state index in [2.05, 4.69) is 31.6 Å². The van der Waals surface area contributed by atoms with E-state index in [1.54, 1.807) is 12.4 Å². The highest BCUT2D eigenvalue weighted by molar-refractivity contribution is 5.83. The van der Waals surface area contributed by atoms with Crippen molar-refractivity contribution in [1.82, 2.24) is 24.8 Å². The quantitative estimate of drug-likeness (QED) is 0.637. The first kappa shape index (κ1) is 22.7. The molecule has 11 nitrogen and oxygen atoms in total. The highest BCUT2D eigenvalue weighted by Crippen LogP contribution is 2.42. The van der Waals surface area contributed by atoms with E-state index in [1.807, 2.05) is 13.8 Å². The molecule has 5 heterocycles. The van der Waals surface area contributed by atoms with E-state index in [0.29, 0.717) is 19.2 Å². The lowest BCUT2D eigenvalue weighted by molar-refractivity contribution is -0.127. The van der Waals surface area contributed by atoms with Gasteiger partial charge in [0.15, 0.2) is 0 Å². The molecule has 2 saturated heterocycles. The van der Waals surface area contributed by atoms with Gasteiger partial charge in [-0.2, -0.15) is 4.98 Å². The van der Waals surface area contributed by atoms with Crippen LogP contribution in [0.3, 0.4) is 0 Å². The first-order valence-corrected chi connectivity index (χ1v) is 11.8. The number of aromatic nitrogens is 4. The highest BCUT2D eigenvalue weighted by Gasteiger charge is 2.48. The van der Waals surface area contributed by atoms with Gasteiger partial charge in [0.25, 0.3) is 0 Å². The number of likely N-dealkylation sites (tertiary alicyclic amines) is 1. The zero-order valence-corrected chi connectivity index (χ0v) is 20.1. The molecule has 2 fully saturated rings. The molecule has 0 spiro atoms. The van der Waals surface area contributed by atoms with Gasteiger partial charge in [-0.3, -0.25) is 9.69 Å². The molecule has 0 aliphatic carbocycles. The number of carbonyl (C=O) groups is 1. The SMILES string of the molecule is CC(C)(C(N)=O)N1CC[C@](C)(N2CCc3c(-c4cnc(N)nc4)nc(N4CCOCC4)nc32)C1. The number of nitrogens with two attached hydrogens (primary N) is 2. The van der Waals surface area contributed by atoms with E-state index >= 15 is 0 Å².